The quantitative estimate of drug-likeness (QED) is 0.623. The Labute approximate surface area is 156 Å². The van der Waals surface area contributed by atoms with Gasteiger partial charge in [-0.3, -0.25) is 9.88 Å². The second-order valence-corrected chi connectivity index (χ2v) is 7.97. The smallest absolute Gasteiger partial charge is 0.407 e. The van der Waals surface area contributed by atoms with Crippen LogP contribution in [0.5, 0.6) is 5.75 Å². The Bertz CT molecular complexity index is 712. The molecule has 26 heavy (non-hydrogen) atoms. The van der Waals surface area contributed by atoms with Crippen LogP contribution in [0.3, 0.4) is 0 Å². The lowest BCUT2D eigenvalue weighted by Gasteiger charge is -2.58. The highest BCUT2D eigenvalue weighted by Gasteiger charge is 2.56. The summed E-state index contributed by atoms with van der Waals surface area (Å²) in [6.45, 7) is 11.1. The largest absolute Gasteiger partial charge is 0.489 e. The number of ether oxygens (including phenoxy) is 1. The van der Waals surface area contributed by atoms with Crippen LogP contribution < -0.4 is 4.74 Å². The van der Waals surface area contributed by atoms with Crippen LogP contribution in [-0.2, 0) is 0 Å². The van der Waals surface area contributed by atoms with E-state index in [1.807, 2.05) is 13.0 Å². The maximum atomic E-state index is 11.6. The van der Waals surface area contributed by atoms with E-state index in [-0.39, 0.29) is 5.41 Å². The van der Waals surface area contributed by atoms with Crippen LogP contribution in [0.4, 0.5) is 4.79 Å². The number of aromatic nitrogens is 1. The van der Waals surface area contributed by atoms with Gasteiger partial charge in [0.25, 0.3) is 0 Å². The molecule has 0 aliphatic carbocycles. The van der Waals surface area contributed by atoms with E-state index < -0.39 is 11.6 Å². The molecule has 1 N–H and O–H groups in total. The highest BCUT2D eigenvalue weighted by Crippen LogP contribution is 2.45. The van der Waals surface area contributed by atoms with Crippen LogP contribution in [0, 0.1) is 24.2 Å². The SMILES string of the molecule is CCCCC#Cc1cnc(C)c(OCC2(C(C)(C)C)CCN2C(=O)O)c1. The number of rotatable bonds is 5. The monoisotopic (exact) mass is 358 g/mol. The maximum Gasteiger partial charge on any atom is 0.407 e. The van der Waals surface area contributed by atoms with Crippen LogP contribution in [0.15, 0.2) is 12.3 Å². The predicted octanol–water partition coefficient (Wildman–Crippen LogP) is 4.48. The number of hydrogen-bond acceptors (Lipinski definition) is 3. The zero-order valence-corrected chi connectivity index (χ0v) is 16.6. The number of nitrogens with zero attached hydrogens (tertiary/aromatic N) is 2. The van der Waals surface area contributed by atoms with E-state index in [0.717, 1.165) is 36.9 Å². The van der Waals surface area contributed by atoms with E-state index in [2.05, 4.69) is 44.5 Å². The average molecular weight is 358 g/mol. The highest BCUT2D eigenvalue weighted by atomic mass is 16.5. The van der Waals surface area contributed by atoms with Gasteiger partial charge in [0.05, 0.1) is 11.2 Å². The minimum absolute atomic E-state index is 0.220. The second kappa shape index (κ2) is 7.99. The first-order valence-electron chi connectivity index (χ1n) is 9.30. The van der Waals surface area contributed by atoms with Crippen LogP contribution in [-0.4, -0.2) is 39.8 Å². The van der Waals surface area contributed by atoms with E-state index in [1.165, 1.54) is 4.90 Å². The second-order valence-electron chi connectivity index (χ2n) is 7.97. The third-order valence-electron chi connectivity index (χ3n) is 5.29. The average Bonchev–Trinajstić information content (AvgIpc) is 2.51. The molecule has 1 aromatic rings. The summed E-state index contributed by atoms with van der Waals surface area (Å²) in [6, 6.07) is 1.90. The van der Waals surface area contributed by atoms with Crippen molar-refractivity contribution in [3.63, 3.8) is 0 Å². The standard InChI is InChI=1S/C21H30N2O3/c1-6-7-8-9-10-17-13-18(16(2)22-14-17)26-15-21(20(3,4)5)11-12-23(21)19(24)25/h13-14H,6-8,11-12,15H2,1-5H3,(H,24,25). The van der Waals surface area contributed by atoms with Crippen molar-refractivity contribution in [3.05, 3.63) is 23.5 Å². The summed E-state index contributed by atoms with van der Waals surface area (Å²) in [6.07, 6.45) is 4.76. The van der Waals surface area contributed by atoms with Crippen molar-refractivity contribution in [2.45, 2.75) is 65.8 Å². The molecule has 1 unspecified atom stereocenters. The molecule has 1 aliphatic heterocycles. The molecule has 0 radical (unpaired) electrons. The molecule has 0 aromatic carbocycles. The fourth-order valence-corrected chi connectivity index (χ4v) is 3.27. The molecule has 0 saturated carbocycles. The maximum absolute atomic E-state index is 11.6. The Balaban J connectivity index is 2.16. The van der Waals surface area contributed by atoms with Gasteiger partial charge in [0.2, 0.25) is 0 Å². The van der Waals surface area contributed by atoms with Crippen LogP contribution >= 0.6 is 0 Å². The Kier molecular flexibility index (Phi) is 6.17. The van der Waals surface area contributed by atoms with Crippen LogP contribution in [0.2, 0.25) is 0 Å². The lowest BCUT2D eigenvalue weighted by atomic mass is 9.66. The van der Waals surface area contributed by atoms with Crippen molar-refractivity contribution >= 4 is 6.09 Å². The van der Waals surface area contributed by atoms with Gasteiger partial charge in [-0.05, 0) is 31.2 Å². The summed E-state index contributed by atoms with van der Waals surface area (Å²) < 4.78 is 6.08. The molecule has 1 aliphatic rings. The molecule has 0 bridgehead atoms. The number of carbonyl (C=O) groups is 1. The third-order valence-corrected chi connectivity index (χ3v) is 5.29. The molecule has 5 nitrogen and oxygen atoms in total. The van der Waals surface area contributed by atoms with Crippen molar-refractivity contribution < 1.29 is 14.6 Å². The number of hydrogen-bond donors (Lipinski definition) is 1. The molecule has 0 spiro atoms. The fraction of sp³-hybridized carbons (Fsp3) is 0.619. The van der Waals surface area contributed by atoms with Gasteiger partial charge < -0.3 is 9.84 Å². The van der Waals surface area contributed by atoms with E-state index in [4.69, 9.17) is 4.74 Å². The molecule has 1 saturated heterocycles. The molecule has 1 amide bonds. The molecule has 5 heteroatoms. The van der Waals surface area contributed by atoms with Crippen molar-refractivity contribution in [2.24, 2.45) is 5.41 Å². The van der Waals surface area contributed by atoms with Gasteiger partial charge in [0.1, 0.15) is 12.4 Å². The minimum atomic E-state index is -0.889. The summed E-state index contributed by atoms with van der Waals surface area (Å²) in [5.41, 5.74) is 0.876. The van der Waals surface area contributed by atoms with E-state index in [1.54, 1.807) is 6.20 Å². The van der Waals surface area contributed by atoms with E-state index in [9.17, 15) is 9.90 Å². The van der Waals surface area contributed by atoms with Gasteiger partial charge in [-0.25, -0.2) is 4.79 Å². The number of likely N-dealkylation sites (tertiary alicyclic amines) is 1. The molecule has 1 fully saturated rings. The van der Waals surface area contributed by atoms with E-state index in [0.29, 0.717) is 18.9 Å². The molecular weight excluding hydrogens is 328 g/mol. The lowest BCUT2D eigenvalue weighted by Crippen LogP contribution is -2.70. The Morgan fingerprint density at radius 3 is 2.73 bits per heavy atom. The van der Waals surface area contributed by atoms with Crippen LogP contribution in [0.25, 0.3) is 0 Å². The zero-order valence-electron chi connectivity index (χ0n) is 16.6. The summed E-state index contributed by atoms with van der Waals surface area (Å²) in [4.78, 5) is 17.5. The van der Waals surface area contributed by atoms with Gasteiger partial charge in [-0.1, -0.05) is 46.0 Å². The molecular formula is C21H30N2O3. The van der Waals surface area contributed by atoms with Crippen molar-refractivity contribution in [3.8, 4) is 17.6 Å². The number of carboxylic acid groups (broad SMARTS) is 1. The van der Waals surface area contributed by atoms with Crippen molar-refractivity contribution in [2.75, 3.05) is 13.2 Å². The fourth-order valence-electron chi connectivity index (χ4n) is 3.27. The van der Waals surface area contributed by atoms with Gasteiger partial charge in [-0.15, -0.1) is 0 Å². The predicted molar refractivity (Wildman–Crippen MR) is 102 cm³/mol. The summed E-state index contributed by atoms with van der Waals surface area (Å²) in [5.74, 6) is 6.97. The Morgan fingerprint density at radius 2 is 2.19 bits per heavy atom. The van der Waals surface area contributed by atoms with Crippen LogP contribution in [0.1, 0.15) is 64.6 Å². The molecule has 2 heterocycles. The van der Waals surface area contributed by atoms with Gasteiger partial charge >= 0.3 is 6.09 Å². The summed E-state index contributed by atoms with van der Waals surface area (Å²) in [7, 11) is 0. The first-order chi connectivity index (χ1) is 12.2. The number of pyridine rings is 1. The van der Waals surface area contributed by atoms with E-state index >= 15 is 0 Å². The van der Waals surface area contributed by atoms with Gasteiger partial charge in [0.15, 0.2) is 0 Å². The molecule has 2 rings (SSSR count). The van der Waals surface area contributed by atoms with Gasteiger partial charge in [-0.2, -0.15) is 0 Å². The zero-order chi connectivity index (χ0) is 19.4. The normalized spacial score (nSPS) is 19.3. The topological polar surface area (TPSA) is 62.7 Å². The van der Waals surface area contributed by atoms with Crippen molar-refractivity contribution in [1.29, 1.82) is 0 Å². The minimum Gasteiger partial charge on any atom is -0.489 e. The summed E-state index contributed by atoms with van der Waals surface area (Å²) >= 11 is 0. The first-order valence-corrected chi connectivity index (χ1v) is 9.30. The Hall–Kier alpha value is -2.22. The number of unbranched alkanes of at least 4 members (excludes halogenated alkanes) is 2. The highest BCUT2D eigenvalue weighted by molar-refractivity contribution is 5.68. The first kappa shape index (κ1) is 20.1. The summed E-state index contributed by atoms with van der Waals surface area (Å²) in [5, 5.41) is 9.51. The number of aryl methyl sites for hydroxylation is 1. The molecule has 1 atom stereocenters. The molecule has 1 aromatic heterocycles. The van der Waals surface area contributed by atoms with Gasteiger partial charge in [0, 0.05) is 24.7 Å². The Morgan fingerprint density at radius 1 is 1.46 bits per heavy atom. The van der Waals surface area contributed by atoms with Crippen molar-refractivity contribution in [1.82, 2.24) is 9.88 Å². The lowest BCUT2D eigenvalue weighted by molar-refractivity contribution is -0.0962. The third kappa shape index (κ3) is 4.12. The molecule has 142 valence electrons. The number of amides is 1.